The number of phenols is 1. The standard InChI is InChI=1S/C18H21NO3/c1-19-11-17(21)14-10-18(22-2)16(20)9-13(14)15(19)8-12-6-4-3-5-7-12/h3-7,9-10,15,17,20-21H,8,11H2,1-2H3. The summed E-state index contributed by atoms with van der Waals surface area (Å²) in [6.45, 7) is 0.568. The van der Waals surface area contributed by atoms with Gasteiger partial charge in [-0.1, -0.05) is 30.3 Å². The van der Waals surface area contributed by atoms with E-state index in [0.29, 0.717) is 12.3 Å². The van der Waals surface area contributed by atoms with Crippen LogP contribution in [0.1, 0.15) is 28.8 Å². The van der Waals surface area contributed by atoms with Crippen molar-refractivity contribution in [1.29, 1.82) is 0 Å². The molecular formula is C18H21NO3. The van der Waals surface area contributed by atoms with Gasteiger partial charge in [0.15, 0.2) is 11.5 Å². The van der Waals surface area contributed by atoms with Crippen molar-refractivity contribution < 1.29 is 14.9 Å². The predicted molar refractivity (Wildman–Crippen MR) is 85.1 cm³/mol. The Balaban J connectivity index is 2.01. The number of hydrogen-bond donors (Lipinski definition) is 2. The molecule has 0 amide bonds. The predicted octanol–water partition coefficient (Wildman–Crippen LogP) is 2.66. The molecule has 0 fully saturated rings. The van der Waals surface area contributed by atoms with Crippen LogP contribution in [0.4, 0.5) is 0 Å². The number of methoxy groups -OCH3 is 1. The molecule has 116 valence electrons. The molecule has 0 saturated carbocycles. The molecule has 2 atom stereocenters. The molecule has 0 radical (unpaired) electrons. The second-order valence-electron chi connectivity index (χ2n) is 5.81. The van der Waals surface area contributed by atoms with Crippen LogP contribution in [0.3, 0.4) is 0 Å². The number of fused-ring (bicyclic) bond motifs is 1. The number of aromatic hydroxyl groups is 1. The Morgan fingerprint density at radius 3 is 2.59 bits per heavy atom. The summed E-state index contributed by atoms with van der Waals surface area (Å²) >= 11 is 0. The van der Waals surface area contributed by atoms with Crippen LogP contribution in [0.15, 0.2) is 42.5 Å². The number of nitrogens with zero attached hydrogens (tertiary/aromatic N) is 1. The lowest BCUT2D eigenvalue weighted by Gasteiger charge is -2.37. The molecule has 2 aromatic carbocycles. The lowest BCUT2D eigenvalue weighted by Crippen LogP contribution is -2.36. The fourth-order valence-corrected chi connectivity index (χ4v) is 3.18. The van der Waals surface area contributed by atoms with Crippen LogP contribution in [0.25, 0.3) is 0 Å². The molecule has 2 aromatic rings. The Kier molecular flexibility index (Phi) is 4.05. The van der Waals surface area contributed by atoms with E-state index >= 15 is 0 Å². The van der Waals surface area contributed by atoms with Gasteiger partial charge in [0.25, 0.3) is 0 Å². The maximum atomic E-state index is 10.3. The molecule has 0 bridgehead atoms. The Morgan fingerprint density at radius 2 is 1.91 bits per heavy atom. The number of hydrogen-bond acceptors (Lipinski definition) is 4. The van der Waals surface area contributed by atoms with Gasteiger partial charge in [-0.2, -0.15) is 0 Å². The molecule has 0 aliphatic carbocycles. The third-order valence-electron chi connectivity index (χ3n) is 4.37. The first-order chi connectivity index (χ1) is 10.6. The Labute approximate surface area is 130 Å². The van der Waals surface area contributed by atoms with Crippen LogP contribution in [0.2, 0.25) is 0 Å². The first-order valence-corrected chi connectivity index (χ1v) is 7.43. The minimum Gasteiger partial charge on any atom is -0.504 e. The Bertz CT molecular complexity index is 657. The number of benzene rings is 2. The van der Waals surface area contributed by atoms with Crippen LogP contribution in [-0.2, 0) is 6.42 Å². The fraction of sp³-hybridized carbons (Fsp3) is 0.333. The van der Waals surface area contributed by atoms with Gasteiger partial charge in [-0.3, -0.25) is 4.90 Å². The SMILES string of the molecule is COc1cc2c(cc1O)C(Cc1ccccc1)N(C)CC2O. The molecule has 4 heteroatoms. The molecule has 1 aliphatic rings. The molecule has 1 aliphatic heterocycles. The summed E-state index contributed by atoms with van der Waals surface area (Å²) in [5.74, 6) is 0.516. The zero-order valence-corrected chi connectivity index (χ0v) is 12.9. The summed E-state index contributed by atoms with van der Waals surface area (Å²) in [6.07, 6.45) is 0.268. The van der Waals surface area contributed by atoms with Gasteiger partial charge in [0.1, 0.15) is 0 Å². The largest absolute Gasteiger partial charge is 0.504 e. The molecule has 4 nitrogen and oxygen atoms in total. The molecule has 2 N–H and O–H groups in total. The van der Waals surface area contributed by atoms with Crippen LogP contribution < -0.4 is 4.74 Å². The number of β-amino-alcohol motifs (C(OH)–C–C–N with tert-alkyl or cyclic N) is 1. The van der Waals surface area contributed by atoms with Gasteiger partial charge in [0, 0.05) is 12.6 Å². The van der Waals surface area contributed by atoms with Crippen LogP contribution in [-0.4, -0.2) is 35.8 Å². The van der Waals surface area contributed by atoms with E-state index in [0.717, 1.165) is 17.5 Å². The molecule has 2 unspecified atom stereocenters. The van der Waals surface area contributed by atoms with E-state index in [9.17, 15) is 10.2 Å². The summed E-state index contributed by atoms with van der Waals surface area (Å²) < 4.78 is 5.17. The van der Waals surface area contributed by atoms with Gasteiger partial charge in [0.2, 0.25) is 0 Å². The highest BCUT2D eigenvalue weighted by Gasteiger charge is 2.31. The normalized spacial score (nSPS) is 21.4. The summed E-state index contributed by atoms with van der Waals surface area (Å²) in [6, 6.07) is 13.9. The van der Waals surface area contributed by atoms with Gasteiger partial charge in [-0.25, -0.2) is 0 Å². The topological polar surface area (TPSA) is 52.9 Å². The van der Waals surface area contributed by atoms with E-state index < -0.39 is 6.10 Å². The van der Waals surface area contributed by atoms with Crippen molar-refractivity contribution in [2.24, 2.45) is 0 Å². The quantitative estimate of drug-likeness (QED) is 0.915. The minimum absolute atomic E-state index is 0.113. The van der Waals surface area contributed by atoms with Crippen LogP contribution in [0, 0.1) is 0 Å². The number of aliphatic hydroxyl groups excluding tert-OH is 1. The molecule has 0 aromatic heterocycles. The molecule has 3 rings (SSSR count). The van der Waals surface area contributed by atoms with E-state index in [1.807, 2.05) is 25.2 Å². The van der Waals surface area contributed by atoms with E-state index in [1.54, 1.807) is 12.1 Å². The summed E-state index contributed by atoms with van der Waals surface area (Å²) in [5, 5.41) is 20.4. The van der Waals surface area contributed by atoms with Gasteiger partial charge < -0.3 is 14.9 Å². The van der Waals surface area contributed by atoms with E-state index in [2.05, 4.69) is 17.0 Å². The molecular weight excluding hydrogens is 278 g/mol. The maximum absolute atomic E-state index is 10.3. The third-order valence-corrected chi connectivity index (χ3v) is 4.37. The number of ether oxygens (including phenoxy) is 1. The monoisotopic (exact) mass is 299 g/mol. The van der Waals surface area contributed by atoms with Crippen molar-refractivity contribution in [1.82, 2.24) is 4.90 Å². The number of likely N-dealkylation sites (N-methyl/N-ethyl adjacent to an activating group) is 1. The summed E-state index contributed by atoms with van der Waals surface area (Å²) in [4.78, 5) is 2.13. The first-order valence-electron chi connectivity index (χ1n) is 7.43. The van der Waals surface area contributed by atoms with Crippen molar-refractivity contribution in [3.05, 3.63) is 59.2 Å². The van der Waals surface area contributed by atoms with E-state index in [-0.39, 0.29) is 11.8 Å². The molecule has 1 heterocycles. The molecule has 0 spiro atoms. The highest BCUT2D eigenvalue weighted by atomic mass is 16.5. The zero-order valence-electron chi connectivity index (χ0n) is 12.9. The Morgan fingerprint density at radius 1 is 1.18 bits per heavy atom. The average molecular weight is 299 g/mol. The second kappa shape index (κ2) is 5.99. The van der Waals surface area contributed by atoms with Crippen molar-refractivity contribution >= 4 is 0 Å². The second-order valence-corrected chi connectivity index (χ2v) is 5.81. The minimum atomic E-state index is -0.568. The van der Waals surface area contributed by atoms with Gasteiger partial charge >= 0.3 is 0 Å². The smallest absolute Gasteiger partial charge is 0.160 e. The van der Waals surface area contributed by atoms with E-state index in [1.165, 1.54) is 12.7 Å². The first kappa shape index (κ1) is 14.9. The molecule has 22 heavy (non-hydrogen) atoms. The highest BCUT2D eigenvalue weighted by molar-refractivity contribution is 5.49. The van der Waals surface area contributed by atoms with Crippen LogP contribution in [0.5, 0.6) is 11.5 Å². The van der Waals surface area contributed by atoms with Crippen molar-refractivity contribution in [2.45, 2.75) is 18.6 Å². The number of aliphatic hydroxyl groups is 1. The summed E-state index contributed by atoms with van der Waals surface area (Å²) in [5.41, 5.74) is 3.04. The third kappa shape index (κ3) is 2.67. The zero-order chi connectivity index (χ0) is 15.7. The number of phenolic OH excluding ortho intramolecular Hbond substituents is 1. The lowest BCUT2D eigenvalue weighted by molar-refractivity contribution is 0.0832. The van der Waals surface area contributed by atoms with Gasteiger partial charge in [-0.15, -0.1) is 0 Å². The van der Waals surface area contributed by atoms with Crippen LogP contribution >= 0.6 is 0 Å². The van der Waals surface area contributed by atoms with Crippen molar-refractivity contribution in [3.63, 3.8) is 0 Å². The fourth-order valence-electron chi connectivity index (χ4n) is 3.18. The Hall–Kier alpha value is -2.04. The van der Waals surface area contributed by atoms with E-state index in [4.69, 9.17) is 4.74 Å². The molecule has 0 saturated heterocycles. The van der Waals surface area contributed by atoms with Crippen molar-refractivity contribution in [3.8, 4) is 11.5 Å². The number of rotatable bonds is 3. The maximum Gasteiger partial charge on any atom is 0.160 e. The highest BCUT2D eigenvalue weighted by Crippen LogP contribution is 2.41. The van der Waals surface area contributed by atoms with Crippen molar-refractivity contribution in [2.75, 3.05) is 20.7 Å². The summed E-state index contributed by atoms with van der Waals surface area (Å²) in [7, 11) is 3.52. The van der Waals surface area contributed by atoms with Gasteiger partial charge in [0.05, 0.1) is 13.2 Å². The lowest BCUT2D eigenvalue weighted by atomic mass is 9.87. The average Bonchev–Trinajstić information content (AvgIpc) is 2.52. The van der Waals surface area contributed by atoms with Gasteiger partial charge in [-0.05, 0) is 42.3 Å².